The van der Waals surface area contributed by atoms with E-state index in [1.165, 1.54) is 24.5 Å². The van der Waals surface area contributed by atoms with E-state index in [1.54, 1.807) is 19.1 Å². The van der Waals surface area contributed by atoms with Crippen LogP contribution < -0.4 is 9.46 Å². The Morgan fingerprint density at radius 2 is 2.19 bits per heavy atom. The number of sulfonamides is 1. The average molecular weight is 306 g/mol. The monoisotopic (exact) mass is 306 g/mol. The van der Waals surface area contributed by atoms with Crippen LogP contribution in [0.3, 0.4) is 0 Å². The Balaban J connectivity index is 2.22. The molecule has 0 unspecified atom stereocenters. The van der Waals surface area contributed by atoms with Crippen LogP contribution in [0.15, 0.2) is 45.9 Å². The Labute approximate surface area is 123 Å². The van der Waals surface area contributed by atoms with Gasteiger partial charge in [-0.25, -0.2) is 13.1 Å². The highest BCUT2D eigenvalue weighted by molar-refractivity contribution is 7.89. The molecule has 0 amide bonds. The van der Waals surface area contributed by atoms with Crippen LogP contribution in [0.25, 0.3) is 0 Å². The van der Waals surface area contributed by atoms with Crippen molar-refractivity contribution >= 4 is 10.0 Å². The quantitative estimate of drug-likeness (QED) is 0.881. The molecular weight excluding hydrogens is 292 g/mol. The summed E-state index contributed by atoms with van der Waals surface area (Å²) in [6.45, 7) is 2.23. The van der Waals surface area contributed by atoms with Crippen molar-refractivity contribution in [1.29, 1.82) is 5.26 Å². The summed E-state index contributed by atoms with van der Waals surface area (Å²) in [5.41, 5.74) is 0.178. The maximum absolute atomic E-state index is 12.2. The van der Waals surface area contributed by atoms with Gasteiger partial charge in [0.05, 0.1) is 29.9 Å². The highest BCUT2D eigenvalue weighted by Crippen LogP contribution is 2.22. The number of hydrogen-bond donors (Lipinski definition) is 1. The molecule has 1 N–H and O–H groups in total. The van der Waals surface area contributed by atoms with Crippen LogP contribution >= 0.6 is 0 Å². The lowest BCUT2D eigenvalue weighted by atomic mass is 10.2. The molecule has 1 aromatic heterocycles. The first-order chi connectivity index (χ1) is 10.1. The summed E-state index contributed by atoms with van der Waals surface area (Å²) in [7, 11) is -3.72. The van der Waals surface area contributed by atoms with Crippen LogP contribution in [0.1, 0.15) is 18.2 Å². The molecule has 0 aliphatic carbocycles. The van der Waals surface area contributed by atoms with Crippen LogP contribution in [-0.2, 0) is 16.6 Å². The molecule has 0 aliphatic rings. The fraction of sp³-hybridized carbons (Fsp3) is 0.214. The highest BCUT2D eigenvalue weighted by Gasteiger charge is 2.17. The lowest BCUT2D eigenvalue weighted by Gasteiger charge is -2.09. The molecule has 0 radical (unpaired) electrons. The number of ether oxygens (including phenoxy) is 1. The largest absolute Gasteiger partial charge is 0.492 e. The van der Waals surface area contributed by atoms with Gasteiger partial charge in [-0.3, -0.25) is 0 Å². The predicted molar refractivity (Wildman–Crippen MR) is 75.1 cm³/mol. The molecule has 0 fully saturated rings. The molecule has 0 bridgehead atoms. The molecule has 7 heteroatoms. The maximum Gasteiger partial charge on any atom is 0.241 e. The second-order valence-corrected chi connectivity index (χ2v) is 5.87. The molecule has 1 heterocycles. The zero-order chi connectivity index (χ0) is 15.3. The lowest BCUT2D eigenvalue weighted by Crippen LogP contribution is -2.23. The van der Waals surface area contributed by atoms with Gasteiger partial charge >= 0.3 is 0 Å². The molecule has 1 aromatic carbocycles. The number of nitriles is 1. The Morgan fingerprint density at radius 3 is 2.81 bits per heavy atom. The second kappa shape index (κ2) is 6.43. The van der Waals surface area contributed by atoms with Crippen molar-refractivity contribution in [3.05, 3.63) is 47.9 Å². The molecular formula is C14H14N2O4S. The summed E-state index contributed by atoms with van der Waals surface area (Å²) in [6.07, 6.45) is 1.47. The summed E-state index contributed by atoms with van der Waals surface area (Å²) in [4.78, 5) is 0.00839. The SMILES string of the molecule is CCOc1ccc(S(=O)(=O)NCc2ccco2)cc1C#N. The summed E-state index contributed by atoms with van der Waals surface area (Å²) in [5, 5.41) is 9.06. The minimum atomic E-state index is -3.72. The Bertz CT molecular complexity index is 746. The Kier molecular flexibility index (Phi) is 4.62. The highest BCUT2D eigenvalue weighted by atomic mass is 32.2. The van der Waals surface area contributed by atoms with Gasteiger partial charge in [0, 0.05) is 0 Å². The predicted octanol–water partition coefficient (Wildman–Crippen LogP) is 2.03. The number of nitrogens with one attached hydrogen (secondary N) is 1. The third kappa shape index (κ3) is 3.62. The van der Waals surface area contributed by atoms with Crippen LogP contribution in [0, 0.1) is 11.3 Å². The third-order valence-corrected chi connectivity index (χ3v) is 4.10. The standard InChI is InChI=1S/C14H14N2O4S/c1-2-19-14-6-5-13(8-11(14)9-15)21(17,18)16-10-12-4-3-7-20-12/h3-8,16H,2,10H2,1H3. The van der Waals surface area contributed by atoms with Crippen molar-refractivity contribution < 1.29 is 17.6 Å². The van der Waals surface area contributed by atoms with Crippen molar-refractivity contribution in [3.8, 4) is 11.8 Å². The molecule has 21 heavy (non-hydrogen) atoms. The van der Waals surface area contributed by atoms with Crippen LogP contribution in [0.2, 0.25) is 0 Å². The van der Waals surface area contributed by atoms with E-state index in [0.717, 1.165) is 0 Å². The van der Waals surface area contributed by atoms with Gasteiger partial charge in [-0.2, -0.15) is 5.26 Å². The average Bonchev–Trinajstić information content (AvgIpc) is 2.99. The third-order valence-electron chi connectivity index (χ3n) is 2.70. The van der Waals surface area contributed by atoms with Gasteiger partial charge in [-0.05, 0) is 37.3 Å². The van der Waals surface area contributed by atoms with Crippen molar-refractivity contribution in [2.24, 2.45) is 0 Å². The fourth-order valence-corrected chi connectivity index (χ4v) is 2.73. The number of furan rings is 1. The lowest BCUT2D eigenvalue weighted by molar-refractivity contribution is 0.339. The number of benzene rings is 1. The maximum atomic E-state index is 12.2. The number of hydrogen-bond acceptors (Lipinski definition) is 5. The van der Waals surface area contributed by atoms with Crippen molar-refractivity contribution in [2.45, 2.75) is 18.4 Å². The van der Waals surface area contributed by atoms with E-state index >= 15 is 0 Å². The molecule has 110 valence electrons. The van der Waals surface area contributed by atoms with Crippen LogP contribution in [-0.4, -0.2) is 15.0 Å². The Morgan fingerprint density at radius 1 is 1.38 bits per heavy atom. The molecule has 2 rings (SSSR count). The zero-order valence-electron chi connectivity index (χ0n) is 11.4. The zero-order valence-corrected chi connectivity index (χ0v) is 12.2. The summed E-state index contributed by atoms with van der Waals surface area (Å²) in [6, 6.07) is 9.43. The normalized spacial score (nSPS) is 11.0. The molecule has 0 atom stereocenters. The minimum absolute atomic E-state index is 0.00839. The summed E-state index contributed by atoms with van der Waals surface area (Å²) < 4.78 is 37.1. The van der Waals surface area contributed by atoms with Crippen LogP contribution in [0.5, 0.6) is 5.75 Å². The second-order valence-electron chi connectivity index (χ2n) is 4.11. The smallest absolute Gasteiger partial charge is 0.241 e. The topological polar surface area (TPSA) is 92.3 Å². The molecule has 6 nitrogen and oxygen atoms in total. The Hall–Kier alpha value is -2.30. The van der Waals surface area contributed by atoms with E-state index in [0.29, 0.717) is 18.1 Å². The van der Waals surface area contributed by atoms with E-state index in [4.69, 9.17) is 14.4 Å². The molecule has 0 saturated heterocycles. The first kappa shape index (κ1) is 15.1. The van der Waals surface area contributed by atoms with E-state index in [-0.39, 0.29) is 17.0 Å². The van der Waals surface area contributed by atoms with Crippen LogP contribution in [0.4, 0.5) is 0 Å². The first-order valence-corrected chi connectivity index (χ1v) is 7.74. The van der Waals surface area contributed by atoms with Gasteiger partial charge in [0.1, 0.15) is 17.6 Å². The number of nitrogens with zero attached hydrogens (tertiary/aromatic N) is 1. The minimum Gasteiger partial charge on any atom is -0.492 e. The summed E-state index contributed by atoms with van der Waals surface area (Å²) in [5.74, 6) is 0.870. The molecule has 0 saturated carbocycles. The van der Waals surface area contributed by atoms with E-state index in [1.807, 2.05) is 6.07 Å². The van der Waals surface area contributed by atoms with E-state index in [9.17, 15) is 8.42 Å². The van der Waals surface area contributed by atoms with Gasteiger partial charge in [-0.15, -0.1) is 0 Å². The fourth-order valence-electron chi connectivity index (χ4n) is 1.71. The van der Waals surface area contributed by atoms with Crippen molar-refractivity contribution in [1.82, 2.24) is 4.72 Å². The van der Waals surface area contributed by atoms with Crippen molar-refractivity contribution in [3.63, 3.8) is 0 Å². The molecule has 0 aliphatic heterocycles. The van der Waals surface area contributed by atoms with Gasteiger partial charge in [0.2, 0.25) is 10.0 Å². The van der Waals surface area contributed by atoms with E-state index < -0.39 is 10.0 Å². The molecule has 2 aromatic rings. The van der Waals surface area contributed by atoms with Crippen molar-refractivity contribution in [2.75, 3.05) is 6.61 Å². The molecule has 0 spiro atoms. The number of rotatable bonds is 6. The summed E-state index contributed by atoms with van der Waals surface area (Å²) >= 11 is 0. The van der Waals surface area contributed by atoms with Gasteiger partial charge in [-0.1, -0.05) is 0 Å². The van der Waals surface area contributed by atoms with Gasteiger partial charge in [0.15, 0.2) is 0 Å². The van der Waals surface area contributed by atoms with Gasteiger partial charge < -0.3 is 9.15 Å². The van der Waals surface area contributed by atoms with E-state index in [2.05, 4.69) is 4.72 Å². The van der Waals surface area contributed by atoms with Gasteiger partial charge in [0.25, 0.3) is 0 Å². The first-order valence-electron chi connectivity index (χ1n) is 6.26.